The van der Waals surface area contributed by atoms with Crippen LogP contribution >= 0.6 is 0 Å². The fourth-order valence-corrected chi connectivity index (χ4v) is 5.60. The van der Waals surface area contributed by atoms with Gasteiger partial charge in [-0.1, -0.05) is 30.3 Å². The molecule has 5 rings (SSSR count). The van der Waals surface area contributed by atoms with E-state index in [1.807, 2.05) is 56.3 Å². The summed E-state index contributed by atoms with van der Waals surface area (Å²) in [5, 5.41) is 0. The lowest BCUT2D eigenvalue weighted by Crippen LogP contribution is -3.31. The molecular formula is C26H30N4O4+2. The first-order valence-corrected chi connectivity index (χ1v) is 11.9. The van der Waals surface area contributed by atoms with Crippen molar-refractivity contribution < 1.29 is 29.0 Å². The van der Waals surface area contributed by atoms with E-state index in [0.717, 1.165) is 20.9 Å². The fourth-order valence-electron chi connectivity index (χ4n) is 5.60. The van der Waals surface area contributed by atoms with Crippen LogP contribution in [-0.2, 0) is 19.2 Å². The van der Waals surface area contributed by atoms with E-state index in [-0.39, 0.29) is 42.5 Å². The van der Waals surface area contributed by atoms with Gasteiger partial charge in [-0.2, -0.15) is 0 Å². The zero-order valence-electron chi connectivity index (χ0n) is 19.5. The second kappa shape index (κ2) is 8.77. The molecule has 8 nitrogen and oxygen atoms in total. The van der Waals surface area contributed by atoms with Crippen LogP contribution in [0, 0.1) is 13.8 Å². The van der Waals surface area contributed by atoms with Crippen molar-refractivity contribution in [3.8, 4) is 0 Å². The monoisotopic (exact) mass is 462 g/mol. The lowest BCUT2D eigenvalue weighted by atomic mass is 10.1. The fraction of sp³-hybridized carbons (Fsp3) is 0.385. The first-order chi connectivity index (χ1) is 16.3. The summed E-state index contributed by atoms with van der Waals surface area (Å²) in [6.45, 7) is 6.57. The maximum absolute atomic E-state index is 13.2. The van der Waals surface area contributed by atoms with E-state index in [9.17, 15) is 19.2 Å². The second-order valence-corrected chi connectivity index (χ2v) is 9.59. The van der Waals surface area contributed by atoms with Crippen LogP contribution in [0.25, 0.3) is 0 Å². The molecule has 8 heteroatoms. The van der Waals surface area contributed by atoms with Gasteiger partial charge in [0.05, 0.1) is 24.2 Å². The molecule has 0 aromatic heterocycles. The van der Waals surface area contributed by atoms with Gasteiger partial charge < -0.3 is 9.80 Å². The van der Waals surface area contributed by atoms with E-state index in [2.05, 4.69) is 0 Å². The zero-order chi connectivity index (χ0) is 24.0. The summed E-state index contributed by atoms with van der Waals surface area (Å²) in [5.41, 5.74) is 3.20. The molecule has 2 atom stereocenters. The number of nitrogens with zero attached hydrogens (tertiary/aromatic N) is 2. The number of carbonyl (C=O) groups is 4. The zero-order valence-corrected chi connectivity index (χ0v) is 19.5. The maximum Gasteiger partial charge on any atom is 0.292 e. The van der Waals surface area contributed by atoms with Gasteiger partial charge in [0.2, 0.25) is 11.8 Å². The third kappa shape index (κ3) is 3.82. The lowest BCUT2D eigenvalue weighted by Gasteiger charge is -2.34. The lowest BCUT2D eigenvalue weighted by molar-refractivity contribution is -1.02. The van der Waals surface area contributed by atoms with Gasteiger partial charge in [0.15, 0.2) is 12.1 Å². The number of amides is 4. The third-order valence-corrected chi connectivity index (χ3v) is 7.43. The Hall–Kier alpha value is -3.36. The molecule has 3 fully saturated rings. The van der Waals surface area contributed by atoms with E-state index in [0.29, 0.717) is 37.6 Å². The van der Waals surface area contributed by atoms with Crippen molar-refractivity contribution in [3.63, 3.8) is 0 Å². The van der Waals surface area contributed by atoms with Gasteiger partial charge in [0.25, 0.3) is 11.8 Å². The standard InChI is InChI=1S/C26H28N4O4/c1-17-6-5-8-19(14-17)29-23(31)15-21(25(29)33)27-10-12-28(13-11-27)22-16-24(32)30(26(22)34)20-9-4-3-7-18(20)2/h3-9,14,21-22H,10-13,15-16H2,1-2H3/p+2/t21-,22+/m1/s1. The Kier molecular flexibility index (Phi) is 5.79. The SMILES string of the molecule is Cc1cccc(N2C(=O)C[C@@H]([NH+]3CC[NH+]([C@H]4CC(=O)N(c5ccccc5C)C4=O)CC3)C2=O)c1. The molecule has 2 aromatic rings. The van der Waals surface area contributed by atoms with Gasteiger partial charge in [-0.05, 0) is 43.2 Å². The van der Waals surface area contributed by atoms with Crippen molar-refractivity contribution >= 4 is 35.0 Å². The average Bonchev–Trinajstić information content (AvgIpc) is 3.28. The van der Waals surface area contributed by atoms with Crippen molar-refractivity contribution in [1.29, 1.82) is 0 Å². The Balaban J connectivity index is 1.24. The number of imide groups is 2. The van der Waals surface area contributed by atoms with Crippen molar-refractivity contribution in [3.05, 3.63) is 59.7 Å². The van der Waals surface area contributed by atoms with Gasteiger partial charge >= 0.3 is 0 Å². The number of nitrogens with one attached hydrogen (secondary N) is 2. The van der Waals surface area contributed by atoms with Gasteiger partial charge in [-0.3, -0.25) is 19.2 Å². The summed E-state index contributed by atoms with van der Waals surface area (Å²) in [7, 11) is 0. The number of para-hydroxylation sites is 1. The topological polar surface area (TPSA) is 83.6 Å². The Morgan fingerprint density at radius 2 is 1.26 bits per heavy atom. The molecule has 0 spiro atoms. The number of piperazine rings is 1. The first kappa shape index (κ1) is 22.4. The third-order valence-electron chi connectivity index (χ3n) is 7.43. The first-order valence-electron chi connectivity index (χ1n) is 11.9. The van der Waals surface area contributed by atoms with Crippen LogP contribution in [0.15, 0.2) is 48.5 Å². The highest BCUT2D eigenvalue weighted by Crippen LogP contribution is 2.25. The number of hydrogen-bond acceptors (Lipinski definition) is 4. The molecule has 3 heterocycles. The van der Waals surface area contributed by atoms with Crippen LogP contribution in [0.4, 0.5) is 11.4 Å². The van der Waals surface area contributed by atoms with Crippen LogP contribution in [-0.4, -0.2) is 61.9 Å². The van der Waals surface area contributed by atoms with E-state index in [1.165, 1.54) is 9.80 Å². The summed E-state index contributed by atoms with van der Waals surface area (Å²) in [6, 6.07) is 14.1. The molecule has 176 valence electrons. The van der Waals surface area contributed by atoms with Crippen LogP contribution in [0.5, 0.6) is 0 Å². The van der Waals surface area contributed by atoms with Gasteiger partial charge in [0.1, 0.15) is 26.2 Å². The average molecular weight is 463 g/mol. The minimum absolute atomic E-state index is 0.143. The highest BCUT2D eigenvalue weighted by molar-refractivity contribution is 6.22. The van der Waals surface area contributed by atoms with Crippen LogP contribution in [0.1, 0.15) is 24.0 Å². The molecular weight excluding hydrogens is 432 g/mol. The molecule has 2 aromatic carbocycles. The number of benzene rings is 2. The van der Waals surface area contributed by atoms with Crippen LogP contribution < -0.4 is 19.6 Å². The number of anilines is 2. The minimum atomic E-state index is -0.390. The Bertz CT molecular complexity index is 1170. The summed E-state index contributed by atoms with van der Waals surface area (Å²) >= 11 is 0. The number of aryl methyl sites for hydroxylation is 2. The van der Waals surface area contributed by atoms with E-state index in [1.54, 1.807) is 6.07 Å². The van der Waals surface area contributed by atoms with E-state index >= 15 is 0 Å². The summed E-state index contributed by atoms with van der Waals surface area (Å²) < 4.78 is 0. The minimum Gasteiger partial charge on any atom is -0.315 e. The Labute approximate surface area is 198 Å². The Morgan fingerprint density at radius 1 is 0.706 bits per heavy atom. The molecule has 2 N–H and O–H groups in total. The number of quaternary nitrogens is 2. The quantitative estimate of drug-likeness (QED) is 0.574. The summed E-state index contributed by atoms with van der Waals surface area (Å²) in [4.78, 5) is 56.6. The molecule has 3 saturated heterocycles. The van der Waals surface area contributed by atoms with E-state index < -0.39 is 6.04 Å². The molecule has 0 radical (unpaired) electrons. The highest BCUT2D eigenvalue weighted by atomic mass is 16.2. The molecule has 0 bridgehead atoms. The van der Waals surface area contributed by atoms with Crippen LogP contribution in [0.2, 0.25) is 0 Å². The van der Waals surface area contributed by atoms with Gasteiger partial charge in [0, 0.05) is 0 Å². The molecule has 0 aliphatic carbocycles. The predicted molar refractivity (Wildman–Crippen MR) is 126 cm³/mol. The number of hydrogen-bond donors (Lipinski definition) is 2. The molecule has 4 amide bonds. The normalized spacial score (nSPS) is 27.7. The van der Waals surface area contributed by atoms with E-state index in [4.69, 9.17) is 0 Å². The van der Waals surface area contributed by atoms with Crippen molar-refractivity contribution in [1.82, 2.24) is 0 Å². The van der Waals surface area contributed by atoms with Gasteiger partial charge in [-0.25, -0.2) is 9.80 Å². The Morgan fingerprint density at radius 3 is 1.85 bits per heavy atom. The highest BCUT2D eigenvalue weighted by Gasteiger charge is 2.50. The smallest absolute Gasteiger partial charge is 0.292 e. The predicted octanol–water partition coefficient (Wildman–Crippen LogP) is -0.949. The largest absolute Gasteiger partial charge is 0.315 e. The molecule has 3 aliphatic rings. The number of rotatable bonds is 4. The maximum atomic E-state index is 13.2. The molecule has 0 saturated carbocycles. The van der Waals surface area contributed by atoms with Crippen molar-refractivity contribution in [2.75, 3.05) is 36.0 Å². The van der Waals surface area contributed by atoms with Gasteiger partial charge in [-0.15, -0.1) is 0 Å². The summed E-state index contributed by atoms with van der Waals surface area (Å²) in [5.74, 6) is -0.604. The molecule has 3 aliphatic heterocycles. The second-order valence-electron chi connectivity index (χ2n) is 9.59. The number of carbonyl (C=O) groups excluding carboxylic acids is 4. The van der Waals surface area contributed by atoms with Crippen LogP contribution in [0.3, 0.4) is 0 Å². The summed E-state index contributed by atoms with van der Waals surface area (Å²) in [6.07, 6.45) is 0.416. The molecule has 0 unspecified atom stereocenters. The van der Waals surface area contributed by atoms with Crippen molar-refractivity contribution in [2.45, 2.75) is 38.8 Å². The molecule has 34 heavy (non-hydrogen) atoms. The van der Waals surface area contributed by atoms with Crippen molar-refractivity contribution in [2.24, 2.45) is 0 Å².